The van der Waals surface area contributed by atoms with Crippen LogP contribution in [0.3, 0.4) is 0 Å². The second kappa shape index (κ2) is 12.7. The molecule has 0 aliphatic heterocycles. The van der Waals surface area contributed by atoms with Gasteiger partial charge in [0.2, 0.25) is 0 Å². The van der Waals surface area contributed by atoms with Crippen molar-refractivity contribution in [3.8, 4) is 0 Å². The molecule has 95 valence electrons. The molecule has 0 saturated heterocycles. The molecule has 0 amide bonds. The van der Waals surface area contributed by atoms with Gasteiger partial charge in [0.05, 0.1) is 0 Å². The van der Waals surface area contributed by atoms with E-state index in [1.807, 2.05) is 0 Å². The Balaban J connectivity index is 3.09. The Kier molecular flexibility index (Phi) is 12.5. The van der Waals surface area contributed by atoms with E-state index in [0.29, 0.717) is 5.78 Å². The van der Waals surface area contributed by atoms with E-state index in [1.54, 1.807) is 0 Å². The van der Waals surface area contributed by atoms with Crippen LogP contribution in [-0.2, 0) is 4.79 Å². The Labute approximate surface area is 102 Å². The van der Waals surface area contributed by atoms with E-state index in [9.17, 15) is 4.79 Å². The second-order valence-electron chi connectivity index (χ2n) is 4.72. The van der Waals surface area contributed by atoms with E-state index in [0.717, 1.165) is 32.1 Å². The molecule has 0 aromatic heterocycles. The third-order valence-corrected chi connectivity index (χ3v) is 3.01. The van der Waals surface area contributed by atoms with Crippen molar-refractivity contribution in [2.24, 2.45) is 0 Å². The highest BCUT2D eigenvalue weighted by molar-refractivity contribution is 5.78. The fourth-order valence-electron chi connectivity index (χ4n) is 1.90. The summed E-state index contributed by atoms with van der Waals surface area (Å²) in [5.41, 5.74) is 0. The molecule has 0 aliphatic carbocycles. The highest BCUT2D eigenvalue weighted by Crippen LogP contribution is 2.10. The third kappa shape index (κ3) is 11.7. The van der Waals surface area contributed by atoms with Crippen LogP contribution in [0.1, 0.15) is 84.0 Å². The molecule has 1 nitrogen and oxygen atoms in total. The lowest BCUT2D eigenvalue weighted by atomic mass is 10.0. The van der Waals surface area contributed by atoms with E-state index in [1.165, 1.54) is 44.9 Å². The fraction of sp³-hybridized carbons (Fsp3) is 0.867. The van der Waals surface area contributed by atoms with Crippen LogP contribution < -0.4 is 0 Å². The fourth-order valence-corrected chi connectivity index (χ4v) is 1.90. The predicted octanol–water partition coefficient (Wildman–Crippen LogP) is 5.09. The summed E-state index contributed by atoms with van der Waals surface area (Å²) < 4.78 is 0. The Morgan fingerprint density at radius 2 is 1.31 bits per heavy atom. The molecule has 0 fully saturated rings. The Hall–Kier alpha value is -0.330. The smallest absolute Gasteiger partial charge is 0.132 e. The SMILES string of the molecule is [CH2]CCCCCCCCC(=O)CCCCC. The minimum atomic E-state index is 0.478. The van der Waals surface area contributed by atoms with E-state index in [2.05, 4.69) is 13.8 Å². The second-order valence-corrected chi connectivity index (χ2v) is 4.72. The van der Waals surface area contributed by atoms with Gasteiger partial charge in [0.1, 0.15) is 5.78 Å². The van der Waals surface area contributed by atoms with Crippen LogP contribution in [0.15, 0.2) is 0 Å². The molecule has 0 unspecified atom stereocenters. The van der Waals surface area contributed by atoms with Crippen molar-refractivity contribution in [1.29, 1.82) is 0 Å². The maximum atomic E-state index is 11.4. The summed E-state index contributed by atoms with van der Waals surface area (Å²) in [5.74, 6) is 0.478. The van der Waals surface area contributed by atoms with Crippen LogP contribution in [-0.4, -0.2) is 5.78 Å². The Morgan fingerprint density at radius 1 is 0.812 bits per heavy atom. The van der Waals surface area contributed by atoms with Crippen LogP contribution in [0.25, 0.3) is 0 Å². The van der Waals surface area contributed by atoms with Crippen LogP contribution in [0, 0.1) is 6.92 Å². The van der Waals surface area contributed by atoms with Gasteiger partial charge in [-0.25, -0.2) is 0 Å². The molecule has 0 N–H and O–H groups in total. The molecule has 0 rings (SSSR count). The zero-order valence-corrected chi connectivity index (χ0v) is 11.1. The quantitative estimate of drug-likeness (QED) is 0.423. The largest absolute Gasteiger partial charge is 0.300 e. The summed E-state index contributed by atoms with van der Waals surface area (Å²) in [7, 11) is 0. The monoisotopic (exact) mass is 225 g/mol. The van der Waals surface area contributed by atoms with Crippen molar-refractivity contribution in [3.05, 3.63) is 6.92 Å². The van der Waals surface area contributed by atoms with Gasteiger partial charge < -0.3 is 0 Å². The predicted molar refractivity (Wildman–Crippen MR) is 71.4 cm³/mol. The van der Waals surface area contributed by atoms with E-state index in [4.69, 9.17) is 0 Å². The zero-order valence-electron chi connectivity index (χ0n) is 11.1. The lowest BCUT2D eigenvalue weighted by molar-refractivity contribution is -0.119. The van der Waals surface area contributed by atoms with Gasteiger partial charge >= 0.3 is 0 Å². The summed E-state index contributed by atoms with van der Waals surface area (Å²) in [6, 6.07) is 0. The number of ketones is 1. The average Bonchev–Trinajstić information content (AvgIpc) is 2.28. The van der Waals surface area contributed by atoms with Gasteiger partial charge in [0.25, 0.3) is 0 Å². The Bertz CT molecular complexity index is 152. The van der Waals surface area contributed by atoms with E-state index >= 15 is 0 Å². The minimum absolute atomic E-state index is 0.478. The maximum Gasteiger partial charge on any atom is 0.132 e. The molecule has 0 bridgehead atoms. The molecular weight excluding hydrogens is 196 g/mol. The molecule has 16 heavy (non-hydrogen) atoms. The number of hydrogen-bond donors (Lipinski definition) is 0. The van der Waals surface area contributed by atoms with Crippen molar-refractivity contribution < 1.29 is 4.79 Å². The topological polar surface area (TPSA) is 17.1 Å². The first-order valence-electron chi connectivity index (χ1n) is 7.12. The van der Waals surface area contributed by atoms with Crippen LogP contribution >= 0.6 is 0 Å². The lowest BCUT2D eigenvalue weighted by Gasteiger charge is -2.01. The average molecular weight is 225 g/mol. The standard InChI is InChI=1S/C15H29O/c1-3-5-7-8-9-10-12-14-15(16)13-11-6-4-2/h1,3-14H2,2H3. The molecule has 0 heterocycles. The zero-order chi connectivity index (χ0) is 12.1. The summed E-state index contributed by atoms with van der Waals surface area (Å²) >= 11 is 0. The third-order valence-electron chi connectivity index (χ3n) is 3.01. The van der Waals surface area contributed by atoms with Crippen LogP contribution in [0.5, 0.6) is 0 Å². The van der Waals surface area contributed by atoms with Gasteiger partial charge in [-0.3, -0.25) is 4.79 Å². The van der Waals surface area contributed by atoms with E-state index in [-0.39, 0.29) is 0 Å². The summed E-state index contributed by atoms with van der Waals surface area (Å²) in [5, 5.41) is 0. The van der Waals surface area contributed by atoms with Gasteiger partial charge in [-0.2, -0.15) is 0 Å². The van der Waals surface area contributed by atoms with Gasteiger partial charge in [-0.05, 0) is 12.8 Å². The molecule has 0 aromatic rings. The molecule has 1 radical (unpaired) electrons. The minimum Gasteiger partial charge on any atom is -0.300 e. The lowest BCUT2D eigenvalue weighted by Crippen LogP contribution is -1.97. The molecule has 0 spiro atoms. The van der Waals surface area contributed by atoms with Gasteiger partial charge in [-0.15, -0.1) is 0 Å². The van der Waals surface area contributed by atoms with Crippen molar-refractivity contribution in [2.75, 3.05) is 0 Å². The van der Waals surface area contributed by atoms with Crippen molar-refractivity contribution in [1.82, 2.24) is 0 Å². The number of unbranched alkanes of at least 4 members (excludes halogenated alkanes) is 8. The number of carbonyl (C=O) groups is 1. The normalized spacial score (nSPS) is 10.6. The van der Waals surface area contributed by atoms with Crippen molar-refractivity contribution in [2.45, 2.75) is 84.0 Å². The van der Waals surface area contributed by atoms with Crippen molar-refractivity contribution in [3.63, 3.8) is 0 Å². The summed E-state index contributed by atoms with van der Waals surface area (Å²) in [4.78, 5) is 11.4. The van der Waals surface area contributed by atoms with Gasteiger partial charge in [-0.1, -0.05) is 65.2 Å². The number of hydrogen-bond acceptors (Lipinski definition) is 1. The highest BCUT2D eigenvalue weighted by atomic mass is 16.1. The maximum absolute atomic E-state index is 11.4. The van der Waals surface area contributed by atoms with Crippen LogP contribution in [0.4, 0.5) is 0 Å². The first-order chi connectivity index (χ1) is 7.81. The van der Waals surface area contributed by atoms with Crippen LogP contribution in [0.2, 0.25) is 0 Å². The molecule has 1 heteroatoms. The first-order valence-corrected chi connectivity index (χ1v) is 7.12. The highest BCUT2D eigenvalue weighted by Gasteiger charge is 2.00. The Morgan fingerprint density at radius 3 is 1.88 bits per heavy atom. The van der Waals surface area contributed by atoms with E-state index < -0.39 is 0 Å². The molecule has 0 atom stereocenters. The van der Waals surface area contributed by atoms with Crippen molar-refractivity contribution >= 4 is 5.78 Å². The number of carbonyl (C=O) groups excluding carboxylic acids is 1. The number of rotatable bonds is 12. The molecule has 0 aliphatic rings. The first kappa shape index (κ1) is 15.7. The summed E-state index contributed by atoms with van der Waals surface area (Å²) in [6.45, 7) is 6.01. The molecule has 0 aromatic carbocycles. The summed E-state index contributed by atoms with van der Waals surface area (Å²) in [6.07, 6.45) is 13.7. The number of Topliss-reactive ketones (excluding diaryl/α,β-unsaturated/α-hetero) is 1. The van der Waals surface area contributed by atoms with Gasteiger partial charge in [0, 0.05) is 12.8 Å². The molecule has 0 saturated carbocycles. The van der Waals surface area contributed by atoms with Gasteiger partial charge in [0.15, 0.2) is 0 Å². The molecular formula is C15H29O.